The van der Waals surface area contributed by atoms with E-state index in [0.29, 0.717) is 6.42 Å². The molecule has 0 fully saturated rings. The predicted octanol–water partition coefficient (Wildman–Crippen LogP) is 1.34. The van der Waals surface area contributed by atoms with Gasteiger partial charge < -0.3 is 10.1 Å². The summed E-state index contributed by atoms with van der Waals surface area (Å²) in [5.41, 5.74) is 1.24. The zero-order chi connectivity index (χ0) is 11.6. The van der Waals surface area contributed by atoms with Crippen LogP contribution in [0.25, 0.3) is 0 Å². The maximum Gasteiger partial charge on any atom is 0.384 e. The van der Waals surface area contributed by atoms with Crippen molar-refractivity contribution in [1.82, 2.24) is 5.32 Å². The largest absolute Gasteiger partial charge is 0.459 e. The summed E-state index contributed by atoms with van der Waals surface area (Å²) in [5.74, 6) is 4.63. The van der Waals surface area contributed by atoms with Crippen molar-refractivity contribution >= 4 is 5.97 Å². The Morgan fingerprint density at radius 3 is 2.81 bits per heavy atom. The summed E-state index contributed by atoms with van der Waals surface area (Å²) >= 11 is 0. The van der Waals surface area contributed by atoms with E-state index in [1.54, 1.807) is 0 Å². The molecule has 0 saturated heterocycles. The maximum absolute atomic E-state index is 10.6. The lowest BCUT2D eigenvalue weighted by molar-refractivity contribution is -0.133. The lowest BCUT2D eigenvalue weighted by Gasteiger charge is -2.01. The molecular weight excluding hydrogens is 202 g/mol. The molecular formula is C13H15NO2. The molecule has 16 heavy (non-hydrogen) atoms. The van der Waals surface area contributed by atoms with Gasteiger partial charge in [0.1, 0.15) is 0 Å². The smallest absolute Gasteiger partial charge is 0.384 e. The van der Waals surface area contributed by atoms with E-state index in [-0.39, 0.29) is 0 Å². The molecule has 1 rings (SSSR count). The molecule has 0 heterocycles. The average Bonchev–Trinajstić information content (AvgIpc) is 2.34. The van der Waals surface area contributed by atoms with Crippen molar-refractivity contribution in [3.8, 4) is 11.8 Å². The van der Waals surface area contributed by atoms with Gasteiger partial charge in [-0.15, -0.1) is 0 Å². The van der Waals surface area contributed by atoms with Gasteiger partial charge in [0, 0.05) is 25.4 Å². The summed E-state index contributed by atoms with van der Waals surface area (Å²) in [7, 11) is 1.32. The molecule has 84 valence electrons. The van der Waals surface area contributed by atoms with Crippen LogP contribution in [0.5, 0.6) is 0 Å². The van der Waals surface area contributed by atoms with Crippen molar-refractivity contribution in [1.29, 1.82) is 0 Å². The first-order valence-electron chi connectivity index (χ1n) is 5.14. The SMILES string of the molecule is COC(=O)C#CCCNCc1ccccc1. The van der Waals surface area contributed by atoms with E-state index in [1.165, 1.54) is 12.7 Å². The minimum absolute atomic E-state index is 0.483. The van der Waals surface area contributed by atoms with Crippen LogP contribution in [-0.4, -0.2) is 19.6 Å². The van der Waals surface area contributed by atoms with E-state index >= 15 is 0 Å². The molecule has 1 aromatic rings. The van der Waals surface area contributed by atoms with Gasteiger partial charge in [-0.1, -0.05) is 36.3 Å². The average molecular weight is 217 g/mol. The number of nitrogens with one attached hydrogen (secondary N) is 1. The van der Waals surface area contributed by atoms with E-state index in [4.69, 9.17) is 0 Å². The van der Waals surface area contributed by atoms with Crippen molar-refractivity contribution in [3.63, 3.8) is 0 Å². The summed E-state index contributed by atoms with van der Waals surface area (Å²) in [6, 6.07) is 10.1. The Bertz CT molecular complexity index is 376. The summed E-state index contributed by atoms with van der Waals surface area (Å²) < 4.78 is 4.39. The van der Waals surface area contributed by atoms with Crippen molar-refractivity contribution < 1.29 is 9.53 Å². The molecule has 3 nitrogen and oxygen atoms in total. The quantitative estimate of drug-likeness (QED) is 0.358. The van der Waals surface area contributed by atoms with Gasteiger partial charge in [-0.25, -0.2) is 4.79 Å². The summed E-state index contributed by atoms with van der Waals surface area (Å²) in [5, 5.41) is 3.24. The molecule has 1 aromatic carbocycles. The van der Waals surface area contributed by atoms with Crippen LogP contribution in [0.4, 0.5) is 0 Å². The highest BCUT2D eigenvalue weighted by atomic mass is 16.5. The molecule has 0 unspecified atom stereocenters. The molecule has 0 aromatic heterocycles. The molecule has 0 spiro atoms. The molecule has 0 bridgehead atoms. The van der Waals surface area contributed by atoms with E-state index in [0.717, 1.165) is 13.1 Å². The molecule has 1 N–H and O–H groups in total. The third-order valence-electron chi connectivity index (χ3n) is 1.97. The highest BCUT2D eigenvalue weighted by molar-refractivity contribution is 5.88. The lowest BCUT2D eigenvalue weighted by Crippen LogP contribution is -2.14. The first kappa shape index (κ1) is 12.3. The number of hydrogen-bond acceptors (Lipinski definition) is 3. The normalized spacial score (nSPS) is 9.06. The molecule has 0 amide bonds. The van der Waals surface area contributed by atoms with Gasteiger partial charge in [0.25, 0.3) is 0 Å². The van der Waals surface area contributed by atoms with Crippen molar-refractivity contribution in [2.75, 3.05) is 13.7 Å². The molecule has 0 aliphatic carbocycles. The minimum atomic E-state index is -0.483. The zero-order valence-corrected chi connectivity index (χ0v) is 9.32. The molecule has 0 aliphatic heterocycles. The van der Waals surface area contributed by atoms with E-state index in [2.05, 4.69) is 34.0 Å². The predicted molar refractivity (Wildman–Crippen MR) is 62.6 cm³/mol. The Morgan fingerprint density at radius 2 is 2.12 bits per heavy atom. The molecule has 3 heteroatoms. The van der Waals surface area contributed by atoms with Crippen molar-refractivity contribution in [2.24, 2.45) is 0 Å². The van der Waals surface area contributed by atoms with Crippen LogP contribution in [0.3, 0.4) is 0 Å². The van der Waals surface area contributed by atoms with Gasteiger partial charge in [-0.3, -0.25) is 0 Å². The second-order valence-electron chi connectivity index (χ2n) is 3.21. The van der Waals surface area contributed by atoms with Gasteiger partial charge in [-0.2, -0.15) is 0 Å². The Labute approximate surface area is 95.8 Å². The van der Waals surface area contributed by atoms with E-state index in [9.17, 15) is 4.79 Å². The van der Waals surface area contributed by atoms with Crippen LogP contribution >= 0.6 is 0 Å². The monoisotopic (exact) mass is 217 g/mol. The number of esters is 1. The van der Waals surface area contributed by atoms with Crippen LogP contribution in [0.15, 0.2) is 30.3 Å². The lowest BCUT2D eigenvalue weighted by atomic mass is 10.2. The minimum Gasteiger partial charge on any atom is -0.459 e. The second-order valence-corrected chi connectivity index (χ2v) is 3.21. The topological polar surface area (TPSA) is 38.3 Å². The Hall–Kier alpha value is -1.79. The first-order valence-corrected chi connectivity index (χ1v) is 5.14. The van der Waals surface area contributed by atoms with Crippen LogP contribution in [0, 0.1) is 11.8 Å². The molecule has 0 aliphatic rings. The number of rotatable bonds is 4. The number of hydrogen-bond donors (Lipinski definition) is 1. The highest BCUT2D eigenvalue weighted by Crippen LogP contribution is 1.96. The van der Waals surface area contributed by atoms with Gasteiger partial charge in [-0.05, 0) is 5.56 Å². The van der Waals surface area contributed by atoms with E-state index in [1.807, 2.05) is 18.2 Å². The Morgan fingerprint density at radius 1 is 1.38 bits per heavy atom. The molecule has 0 atom stereocenters. The fourth-order valence-corrected chi connectivity index (χ4v) is 1.17. The zero-order valence-electron chi connectivity index (χ0n) is 9.32. The standard InChI is InChI=1S/C13H15NO2/c1-16-13(15)9-5-6-10-14-11-12-7-3-2-4-8-12/h2-4,7-8,14H,6,10-11H2,1H3. The number of benzene rings is 1. The second kappa shape index (κ2) is 7.49. The molecule has 0 saturated carbocycles. The summed E-state index contributed by atoms with van der Waals surface area (Å²) in [6.45, 7) is 1.58. The van der Waals surface area contributed by atoms with Gasteiger partial charge >= 0.3 is 5.97 Å². The van der Waals surface area contributed by atoms with Gasteiger partial charge in [0.15, 0.2) is 0 Å². The summed E-state index contributed by atoms with van der Waals surface area (Å²) in [4.78, 5) is 10.6. The number of carbonyl (C=O) groups is 1. The van der Waals surface area contributed by atoms with Gasteiger partial charge in [0.2, 0.25) is 0 Å². The van der Waals surface area contributed by atoms with Crippen molar-refractivity contribution in [2.45, 2.75) is 13.0 Å². The summed E-state index contributed by atoms with van der Waals surface area (Å²) in [6.07, 6.45) is 0.641. The Kier molecular flexibility index (Phi) is 5.75. The third kappa shape index (κ3) is 5.18. The van der Waals surface area contributed by atoms with Crippen LogP contribution in [0.1, 0.15) is 12.0 Å². The fraction of sp³-hybridized carbons (Fsp3) is 0.308. The fourth-order valence-electron chi connectivity index (χ4n) is 1.17. The molecule has 0 radical (unpaired) electrons. The van der Waals surface area contributed by atoms with Gasteiger partial charge in [0.05, 0.1) is 7.11 Å². The maximum atomic E-state index is 10.6. The third-order valence-corrected chi connectivity index (χ3v) is 1.97. The number of carbonyl (C=O) groups excluding carboxylic acids is 1. The van der Waals surface area contributed by atoms with Crippen molar-refractivity contribution in [3.05, 3.63) is 35.9 Å². The van der Waals surface area contributed by atoms with E-state index < -0.39 is 5.97 Å². The number of ether oxygens (including phenoxy) is 1. The van der Waals surface area contributed by atoms with Crippen LogP contribution < -0.4 is 5.32 Å². The highest BCUT2D eigenvalue weighted by Gasteiger charge is 1.90. The number of methoxy groups -OCH3 is 1. The Balaban J connectivity index is 2.12. The van der Waals surface area contributed by atoms with Crippen LogP contribution in [-0.2, 0) is 16.1 Å². The van der Waals surface area contributed by atoms with Crippen LogP contribution in [0.2, 0.25) is 0 Å². The first-order chi connectivity index (χ1) is 7.83.